The van der Waals surface area contributed by atoms with Crippen LogP contribution in [0.5, 0.6) is 0 Å². The van der Waals surface area contributed by atoms with Crippen molar-refractivity contribution < 1.29 is 18.3 Å². The molecule has 1 saturated carbocycles. The van der Waals surface area contributed by atoms with Crippen molar-refractivity contribution in [3.8, 4) is 0 Å². The molecule has 6 heteroatoms. The molecule has 0 aromatic carbocycles. The average Bonchev–Trinajstić information content (AvgIpc) is 2.62. The Morgan fingerprint density at radius 1 is 1.25 bits per heavy atom. The van der Waals surface area contributed by atoms with Crippen LogP contribution in [0, 0.1) is 5.92 Å². The summed E-state index contributed by atoms with van der Waals surface area (Å²) in [6.07, 6.45) is 4.99. The molecule has 2 atom stereocenters. The first kappa shape index (κ1) is 11.9. The van der Waals surface area contributed by atoms with Gasteiger partial charge in [-0.15, -0.1) is 0 Å². The second kappa shape index (κ2) is 4.33. The van der Waals surface area contributed by atoms with Crippen LogP contribution in [-0.4, -0.2) is 42.1 Å². The molecule has 2 fully saturated rings. The third-order valence-electron chi connectivity index (χ3n) is 3.61. The number of carboxylic acids is 1. The monoisotopic (exact) mass is 247 g/mol. The van der Waals surface area contributed by atoms with Crippen molar-refractivity contribution in [3.05, 3.63) is 0 Å². The van der Waals surface area contributed by atoms with Crippen LogP contribution in [0.15, 0.2) is 0 Å². The molecule has 1 heterocycles. The van der Waals surface area contributed by atoms with E-state index in [1.54, 1.807) is 0 Å². The molecule has 0 radical (unpaired) electrons. The fourth-order valence-corrected chi connectivity index (χ4v) is 4.57. The maximum Gasteiger partial charge on any atom is 0.320 e. The van der Waals surface area contributed by atoms with Gasteiger partial charge in [0.25, 0.3) is 0 Å². The third kappa shape index (κ3) is 2.22. The first-order chi connectivity index (χ1) is 7.50. The molecule has 16 heavy (non-hydrogen) atoms. The van der Waals surface area contributed by atoms with Gasteiger partial charge in [-0.3, -0.25) is 4.79 Å². The Bertz CT molecular complexity index is 378. The fourth-order valence-electron chi connectivity index (χ4n) is 2.99. The molecule has 1 saturated heterocycles. The van der Waals surface area contributed by atoms with Gasteiger partial charge in [-0.1, -0.05) is 6.42 Å². The number of hydrogen-bond acceptors (Lipinski definition) is 3. The molecule has 5 nitrogen and oxygen atoms in total. The summed E-state index contributed by atoms with van der Waals surface area (Å²) >= 11 is 0. The minimum atomic E-state index is -3.60. The molecule has 0 aromatic heterocycles. The highest BCUT2D eigenvalue weighted by molar-refractivity contribution is 7.89. The van der Waals surface area contributed by atoms with Gasteiger partial charge in [0.1, 0.15) is 0 Å². The predicted octanol–water partition coefficient (Wildman–Crippen LogP) is 0.665. The molecule has 1 aliphatic heterocycles. The van der Waals surface area contributed by atoms with Crippen molar-refractivity contribution in [1.29, 1.82) is 0 Å². The van der Waals surface area contributed by atoms with E-state index in [0.29, 0.717) is 12.5 Å². The van der Waals surface area contributed by atoms with Gasteiger partial charge in [0.2, 0.25) is 10.0 Å². The van der Waals surface area contributed by atoms with Crippen molar-refractivity contribution in [1.82, 2.24) is 4.31 Å². The molecule has 1 aliphatic carbocycles. The Morgan fingerprint density at radius 2 is 1.94 bits per heavy atom. The molecule has 1 N–H and O–H groups in total. The molecular formula is C10H17NO4S. The number of aliphatic carboxylic acids is 1. The first-order valence-electron chi connectivity index (χ1n) is 5.72. The smallest absolute Gasteiger partial charge is 0.320 e. The highest BCUT2D eigenvalue weighted by Crippen LogP contribution is 2.38. The van der Waals surface area contributed by atoms with Crippen LogP contribution in [0.4, 0.5) is 0 Å². The summed E-state index contributed by atoms with van der Waals surface area (Å²) in [5, 5.41) is 8.61. The lowest BCUT2D eigenvalue weighted by atomic mass is 9.94. The number of nitrogens with zero attached hydrogens (tertiary/aromatic N) is 1. The number of piperidine rings is 1. The van der Waals surface area contributed by atoms with E-state index in [9.17, 15) is 13.2 Å². The highest BCUT2D eigenvalue weighted by Gasteiger charge is 2.41. The molecule has 0 aromatic rings. The van der Waals surface area contributed by atoms with Gasteiger partial charge >= 0.3 is 5.97 Å². The van der Waals surface area contributed by atoms with Crippen molar-refractivity contribution >= 4 is 16.0 Å². The summed E-state index contributed by atoms with van der Waals surface area (Å²) in [6.45, 7) is 0.497. The Kier molecular flexibility index (Phi) is 3.21. The van der Waals surface area contributed by atoms with Gasteiger partial charge in [-0.2, -0.15) is 4.31 Å². The molecule has 0 amide bonds. The van der Waals surface area contributed by atoms with Gasteiger partial charge in [0.05, 0.1) is 0 Å². The van der Waals surface area contributed by atoms with Gasteiger partial charge in [0, 0.05) is 12.6 Å². The molecule has 92 valence electrons. The van der Waals surface area contributed by atoms with E-state index in [2.05, 4.69) is 0 Å². The number of carboxylic acid groups (broad SMARTS) is 1. The first-order valence-corrected chi connectivity index (χ1v) is 7.33. The van der Waals surface area contributed by atoms with Crippen LogP contribution in [-0.2, 0) is 14.8 Å². The molecule has 0 bridgehead atoms. The molecule has 0 spiro atoms. The number of sulfonamides is 1. The van der Waals surface area contributed by atoms with Crippen LogP contribution >= 0.6 is 0 Å². The van der Waals surface area contributed by atoms with E-state index in [4.69, 9.17) is 5.11 Å². The maximum atomic E-state index is 11.9. The SMILES string of the molecule is O=C(O)CS(=O)(=O)N1CCCC2CCCC21. The lowest BCUT2D eigenvalue weighted by Gasteiger charge is -2.36. The summed E-state index contributed by atoms with van der Waals surface area (Å²) in [6, 6.07) is 0.0677. The predicted molar refractivity (Wildman–Crippen MR) is 58.5 cm³/mol. The van der Waals surface area contributed by atoms with Crippen molar-refractivity contribution in [2.24, 2.45) is 5.92 Å². The second-order valence-electron chi connectivity index (χ2n) is 4.66. The Hall–Kier alpha value is -0.620. The maximum absolute atomic E-state index is 11.9. The topological polar surface area (TPSA) is 74.7 Å². The third-order valence-corrected chi connectivity index (χ3v) is 5.39. The van der Waals surface area contributed by atoms with Gasteiger partial charge in [-0.25, -0.2) is 8.42 Å². The zero-order chi connectivity index (χ0) is 11.8. The summed E-state index contributed by atoms with van der Waals surface area (Å²) in [5.41, 5.74) is 0. The highest BCUT2D eigenvalue weighted by atomic mass is 32.2. The van der Waals surface area contributed by atoms with E-state index in [1.807, 2.05) is 0 Å². The minimum absolute atomic E-state index is 0.0677. The van der Waals surface area contributed by atoms with Crippen LogP contribution in [0.25, 0.3) is 0 Å². The quantitative estimate of drug-likeness (QED) is 0.795. The normalized spacial score (nSPS) is 31.2. The van der Waals surface area contributed by atoms with Gasteiger partial charge < -0.3 is 5.11 Å². The van der Waals surface area contributed by atoms with Crippen LogP contribution < -0.4 is 0 Å². The lowest BCUT2D eigenvalue weighted by molar-refractivity contribution is -0.134. The standard InChI is InChI=1S/C10H17NO4S/c12-10(13)7-16(14,15)11-6-2-4-8-3-1-5-9(8)11/h8-9H,1-7H2,(H,12,13). The molecule has 2 aliphatic rings. The van der Waals surface area contributed by atoms with E-state index in [-0.39, 0.29) is 6.04 Å². The molecule has 2 unspecified atom stereocenters. The average molecular weight is 247 g/mol. The second-order valence-corrected chi connectivity index (χ2v) is 6.58. The number of fused-ring (bicyclic) bond motifs is 1. The summed E-state index contributed by atoms with van der Waals surface area (Å²) in [5.74, 6) is -1.58. The largest absolute Gasteiger partial charge is 0.480 e. The zero-order valence-corrected chi connectivity index (χ0v) is 9.95. The van der Waals surface area contributed by atoms with Crippen LogP contribution in [0.1, 0.15) is 32.1 Å². The number of rotatable bonds is 3. The Balaban J connectivity index is 2.16. The Morgan fingerprint density at radius 3 is 2.62 bits per heavy atom. The van der Waals surface area contributed by atoms with Crippen LogP contribution in [0.3, 0.4) is 0 Å². The van der Waals surface area contributed by atoms with Gasteiger partial charge in [-0.05, 0) is 31.6 Å². The van der Waals surface area contributed by atoms with Gasteiger partial charge in [0.15, 0.2) is 5.75 Å². The zero-order valence-electron chi connectivity index (χ0n) is 9.13. The van der Waals surface area contributed by atoms with Crippen molar-refractivity contribution in [3.63, 3.8) is 0 Å². The van der Waals surface area contributed by atoms with Crippen LogP contribution in [0.2, 0.25) is 0 Å². The number of hydrogen-bond donors (Lipinski definition) is 1. The Labute approximate surface area is 95.5 Å². The summed E-state index contributed by atoms with van der Waals surface area (Å²) < 4.78 is 25.2. The fraction of sp³-hybridized carbons (Fsp3) is 0.900. The van der Waals surface area contributed by atoms with E-state index in [0.717, 1.165) is 32.1 Å². The molecular weight excluding hydrogens is 230 g/mol. The van der Waals surface area contributed by atoms with Crippen molar-refractivity contribution in [2.75, 3.05) is 12.3 Å². The van der Waals surface area contributed by atoms with E-state index < -0.39 is 21.7 Å². The van der Waals surface area contributed by atoms with E-state index in [1.165, 1.54) is 4.31 Å². The van der Waals surface area contributed by atoms with E-state index >= 15 is 0 Å². The lowest BCUT2D eigenvalue weighted by Crippen LogP contribution is -2.47. The summed E-state index contributed by atoms with van der Waals surface area (Å²) in [7, 11) is -3.60. The molecule has 2 rings (SSSR count). The number of carbonyl (C=O) groups is 1. The summed E-state index contributed by atoms with van der Waals surface area (Å²) in [4.78, 5) is 10.5. The van der Waals surface area contributed by atoms with Crippen molar-refractivity contribution in [2.45, 2.75) is 38.1 Å². The minimum Gasteiger partial charge on any atom is -0.480 e.